The summed E-state index contributed by atoms with van der Waals surface area (Å²) in [6.07, 6.45) is 12.8. The third-order valence-electron chi connectivity index (χ3n) is 4.77. The van der Waals surface area contributed by atoms with Crippen molar-refractivity contribution in [3.05, 3.63) is 0 Å². The number of carbonyl (C=O) groups is 1. The molecular formula is C16H30N2O. The van der Waals surface area contributed by atoms with Crippen LogP contribution in [-0.2, 0) is 4.79 Å². The molecule has 0 radical (unpaired) electrons. The zero-order chi connectivity index (χ0) is 13.5. The predicted molar refractivity (Wildman–Crippen MR) is 79.1 cm³/mol. The highest BCUT2D eigenvalue weighted by Crippen LogP contribution is 2.18. The zero-order valence-electron chi connectivity index (χ0n) is 12.5. The van der Waals surface area contributed by atoms with Gasteiger partial charge in [0, 0.05) is 6.04 Å². The van der Waals surface area contributed by atoms with Crippen LogP contribution in [0.4, 0.5) is 0 Å². The van der Waals surface area contributed by atoms with E-state index in [1.54, 1.807) is 0 Å². The highest BCUT2D eigenvalue weighted by atomic mass is 16.2. The second-order valence-electron chi connectivity index (χ2n) is 6.32. The first kappa shape index (κ1) is 14.8. The van der Waals surface area contributed by atoms with E-state index in [2.05, 4.69) is 17.1 Å². The highest BCUT2D eigenvalue weighted by molar-refractivity contribution is 5.81. The maximum atomic E-state index is 12.4. The molecule has 0 aromatic rings. The molecule has 1 unspecified atom stereocenters. The Kier molecular flexibility index (Phi) is 6.15. The lowest BCUT2D eigenvalue weighted by molar-refractivity contribution is -0.126. The van der Waals surface area contributed by atoms with Gasteiger partial charge in [-0.2, -0.15) is 0 Å². The van der Waals surface area contributed by atoms with Gasteiger partial charge in [-0.05, 0) is 45.7 Å². The van der Waals surface area contributed by atoms with Gasteiger partial charge in [0.2, 0.25) is 5.91 Å². The van der Waals surface area contributed by atoms with E-state index >= 15 is 0 Å². The number of rotatable bonds is 3. The molecule has 0 aromatic heterocycles. The number of amides is 1. The summed E-state index contributed by atoms with van der Waals surface area (Å²) in [4.78, 5) is 14.8. The van der Waals surface area contributed by atoms with Crippen LogP contribution in [0.2, 0.25) is 0 Å². The Bertz CT molecular complexity index is 264. The first-order valence-electron chi connectivity index (χ1n) is 8.32. The third-order valence-corrected chi connectivity index (χ3v) is 4.77. The van der Waals surface area contributed by atoms with Crippen LogP contribution in [0.5, 0.6) is 0 Å². The topological polar surface area (TPSA) is 32.3 Å². The van der Waals surface area contributed by atoms with Crippen LogP contribution in [0.25, 0.3) is 0 Å². The monoisotopic (exact) mass is 266 g/mol. The maximum Gasteiger partial charge on any atom is 0.237 e. The largest absolute Gasteiger partial charge is 0.352 e. The SMILES string of the molecule is CC(C(=O)NC1CCCCCC1)N1CCCCCC1. The smallest absolute Gasteiger partial charge is 0.237 e. The van der Waals surface area contributed by atoms with E-state index in [-0.39, 0.29) is 11.9 Å². The highest BCUT2D eigenvalue weighted by Gasteiger charge is 2.24. The van der Waals surface area contributed by atoms with Crippen molar-refractivity contribution in [3.8, 4) is 0 Å². The van der Waals surface area contributed by atoms with Gasteiger partial charge in [0.15, 0.2) is 0 Å². The van der Waals surface area contributed by atoms with Crippen molar-refractivity contribution in [3.63, 3.8) is 0 Å². The lowest BCUT2D eigenvalue weighted by Crippen LogP contribution is -2.48. The first-order valence-corrected chi connectivity index (χ1v) is 8.32. The molecule has 0 spiro atoms. The fourth-order valence-corrected chi connectivity index (χ4v) is 3.39. The summed E-state index contributed by atoms with van der Waals surface area (Å²) < 4.78 is 0. The van der Waals surface area contributed by atoms with Crippen molar-refractivity contribution >= 4 is 5.91 Å². The van der Waals surface area contributed by atoms with Gasteiger partial charge in [-0.15, -0.1) is 0 Å². The third kappa shape index (κ3) is 4.79. The van der Waals surface area contributed by atoms with Gasteiger partial charge in [-0.1, -0.05) is 38.5 Å². The second-order valence-corrected chi connectivity index (χ2v) is 6.32. The Morgan fingerprint density at radius 2 is 1.47 bits per heavy atom. The van der Waals surface area contributed by atoms with Crippen molar-refractivity contribution in [1.82, 2.24) is 10.2 Å². The number of hydrogen-bond acceptors (Lipinski definition) is 2. The molecule has 19 heavy (non-hydrogen) atoms. The summed E-state index contributed by atoms with van der Waals surface area (Å²) in [5.74, 6) is 0.258. The van der Waals surface area contributed by atoms with E-state index in [0.29, 0.717) is 6.04 Å². The second kappa shape index (κ2) is 7.88. The van der Waals surface area contributed by atoms with Crippen LogP contribution in [0.3, 0.4) is 0 Å². The molecule has 2 rings (SSSR count). The first-order chi connectivity index (χ1) is 9.27. The van der Waals surface area contributed by atoms with Gasteiger partial charge in [0.25, 0.3) is 0 Å². The predicted octanol–water partition coefficient (Wildman–Crippen LogP) is 3.09. The molecule has 1 saturated carbocycles. The van der Waals surface area contributed by atoms with Crippen molar-refractivity contribution in [2.24, 2.45) is 0 Å². The van der Waals surface area contributed by atoms with Crippen molar-refractivity contribution < 1.29 is 4.79 Å². The molecule has 1 heterocycles. The van der Waals surface area contributed by atoms with Crippen LogP contribution >= 0.6 is 0 Å². The Labute approximate surface area is 118 Å². The Hall–Kier alpha value is -0.570. The van der Waals surface area contributed by atoms with Crippen LogP contribution in [-0.4, -0.2) is 36.0 Å². The van der Waals surface area contributed by atoms with Gasteiger partial charge in [0.05, 0.1) is 6.04 Å². The lowest BCUT2D eigenvalue weighted by atomic mass is 10.1. The fraction of sp³-hybridized carbons (Fsp3) is 0.938. The molecule has 2 fully saturated rings. The number of nitrogens with zero attached hydrogens (tertiary/aromatic N) is 1. The normalized spacial score (nSPS) is 25.3. The minimum absolute atomic E-state index is 0.0568. The number of carbonyl (C=O) groups excluding carboxylic acids is 1. The van der Waals surface area contributed by atoms with E-state index in [1.807, 2.05) is 0 Å². The molecule has 1 aliphatic carbocycles. The molecule has 110 valence electrons. The van der Waals surface area contributed by atoms with Crippen LogP contribution in [0, 0.1) is 0 Å². The summed E-state index contributed by atoms with van der Waals surface area (Å²) in [5, 5.41) is 3.30. The van der Waals surface area contributed by atoms with Crippen molar-refractivity contribution in [1.29, 1.82) is 0 Å². The van der Waals surface area contributed by atoms with Gasteiger partial charge >= 0.3 is 0 Å². The van der Waals surface area contributed by atoms with Crippen molar-refractivity contribution in [2.45, 2.75) is 83.2 Å². The van der Waals surface area contributed by atoms with E-state index in [4.69, 9.17) is 0 Å². The summed E-state index contributed by atoms with van der Waals surface area (Å²) in [6.45, 7) is 4.27. The lowest BCUT2D eigenvalue weighted by Gasteiger charge is -2.28. The molecule has 1 saturated heterocycles. The number of nitrogens with one attached hydrogen (secondary N) is 1. The molecule has 3 heteroatoms. The van der Waals surface area contributed by atoms with Gasteiger partial charge < -0.3 is 5.32 Å². The molecule has 1 amide bonds. The molecular weight excluding hydrogens is 236 g/mol. The Morgan fingerprint density at radius 3 is 2.05 bits per heavy atom. The van der Waals surface area contributed by atoms with E-state index in [1.165, 1.54) is 64.2 Å². The standard InChI is InChI=1S/C16H30N2O/c1-14(18-12-8-4-5-9-13-18)16(19)17-15-10-6-2-3-7-11-15/h14-15H,2-13H2,1H3,(H,17,19). The molecule has 1 N–H and O–H groups in total. The molecule has 0 aromatic carbocycles. The van der Waals surface area contributed by atoms with Crippen LogP contribution in [0.15, 0.2) is 0 Å². The average Bonchev–Trinajstić information content (AvgIpc) is 2.82. The van der Waals surface area contributed by atoms with Crippen LogP contribution < -0.4 is 5.32 Å². The van der Waals surface area contributed by atoms with Crippen LogP contribution in [0.1, 0.15) is 71.1 Å². The van der Waals surface area contributed by atoms with Gasteiger partial charge in [-0.3, -0.25) is 9.69 Å². The van der Waals surface area contributed by atoms with E-state index in [9.17, 15) is 4.79 Å². The molecule has 0 bridgehead atoms. The Balaban J connectivity index is 1.80. The minimum Gasteiger partial charge on any atom is -0.352 e. The molecule has 2 aliphatic rings. The molecule has 3 nitrogen and oxygen atoms in total. The zero-order valence-corrected chi connectivity index (χ0v) is 12.5. The van der Waals surface area contributed by atoms with Gasteiger partial charge in [-0.25, -0.2) is 0 Å². The fourth-order valence-electron chi connectivity index (χ4n) is 3.39. The average molecular weight is 266 g/mol. The Morgan fingerprint density at radius 1 is 0.947 bits per heavy atom. The molecule has 1 aliphatic heterocycles. The molecule has 1 atom stereocenters. The van der Waals surface area contributed by atoms with Gasteiger partial charge in [0.1, 0.15) is 0 Å². The summed E-state index contributed by atoms with van der Waals surface area (Å²) in [5.41, 5.74) is 0. The number of likely N-dealkylation sites (tertiary alicyclic amines) is 1. The minimum atomic E-state index is 0.0568. The van der Waals surface area contributed by atoms with Crippen molar-refractivity contribution in [2.75, 3.05) is 13.1 Å². The summed E-state index contributed by atoms with van der Waals surface area (Å²) >= 11 is 0. The maximum absolute atomic E-state index is 12.4. The summed E-state index contributed by atoms with van der Waals surface area (Å²) in [6, 6.07) is 0.491. The van der Waals surface area contributed by atoms with E-state index < -0.39 is 0 Å². The van der Waals surface area contributed by atoms with E-state index in [0.717, 1.165) is 13.1 Å². The quantitative estimate of drug-likeness (QED) is 0.796. The number of hydrogen-bond donors (Lipinski definition) is 1. The summed E-state index contributed by atoms with van der Waals surface area (Å²) in [7, 11) is 0.